The maximum absolute atomic E-state index is 11.8. The highest BCUT2D eigenvalue weighted by molar-refractivity contribution is 5.84. The van der Waals surface area contributed by atoms with Crippen LogP contribution in [0.15, 0.2) is 65.8 Å². The maximum atomic E-state index is 11.8. The normalized spacial score (nSPS) is 10.4. The summed E-state index contributed by atoms with van der Waals surface area (Å²) in [4.78, 5) is 13.6. The molecule has 0 unspecified atom stereocenters. The van der Waals surface area contributed by atoms with E-state index in [1.165, 1.54) is 0 Å². The fourth-order valence-electron chi connectivity index (χ4n) is 1.74. The number of nitrogens with zero attached hydrogens (tertiary/aromatic N) is 2. The minimum atomic E-state index is -0.150. The van der Waals surface area contributed by atoms with Gasteiger partial charge >= 0.3 is 0 Å². The molecule has 0 saturated carbocycles. The van der Waals surface area contributed by atoms with Crippen molar-refractivity contribution in [3.63, 3.8) is 0 Å². The molecule has 0 saturated heterocycles. The smallest absolute Gasteiger partial charge is 0.259 e. The van der Waals surface area contributed by atoms with Gasteiger partial charge in [-0.25, -0.2) is 5.43 Å². The second-order valence-electron chi connectivity index (χ2n) is 4.40. The lowest BCUT2D eigenvalue weighted by Gasteiger charge is -2.17. The van der Waals surface area contributed by atoms with Gasteiger partial charge in [-0.15, -0.1) is 0 Å². The van der Waals surface area contributed by atoms with Crippen LogP contribution < -0.4 is 10.3 Å². The largest absolute Gasteiger partial charge is 0.365 e. The monoisotopic (exact) mass is 267 g/mol. The Labute approximate surface area is 118 Å². The highest BCUT2D eigenvalue weighted by Crippen LogP contribution is 2.09. The van der Waals surface area contributed by atoms with E-state index in [0.29, 0.717) is 0 Å². The van der Waals surface area contributed by atoms with Crippen LogP contribution >= 0.6 is 0 Å². The lowest BCUT2D eigenvalue weighted by atomic mass is 10.2. The molecule has 4 nitrogen and oxygen atoms in total. The highest BCUT2D eigenvalue weighted by Gasteiger charge is 2.05. The van der Waals surface area contributed by atoms with Crippen LogP contribution in [0.2, 0.25) is 0 Å². The Kier molecular flexibility index (Phi) is 4.89. The first-order valence-corrected chi connectivity index (χ1v) is 6.39. The van der Waals surface area contributed by atoms with Crippen molar-refractivity contribution in [2.75, 3.05) is 18.5 Å². The number of hydrogen-bond acceptors (Lipinski definition) is 3. The number of carbonyl (C=O) groups excluding carboxylic acids is 1. The van der Waals surface area contributed by atoms with E-state index in [1.807, 2.05) is 72.6 Å². The van der Waals surface area contributed by atoms with Gasteiger partial charge in [0.05, 0.1) is 12.8 Å². The van der Waals surface area contributed by atoms with E-state index >= 15 is 0 Å². The third-order valence-corrected chi connectivity index (χ3v) is 2.78. The minimum absolute atomic E-state index is 0.150. The fourth-order valence-corrected chi connectivity index (χ4v) is 1.74. The predicted octanol–water partition coefficient (Wildman–Crippen LogP) is 2.27. The molecular weight excluding hydrogens is 250 g/mol. The average Bonchev–Trinajstić information content (AvgIpc) is 2.49. The van der Waals surface area contributed by atoms with E-state index in [0.717, 1.165) is 11.3 Å². The van der Waals surface area contributed by atoms with Gasteiger partial charge in [-0.05, 0) is 17.7 Å². The number of benzene rings is 2. The number of likely N-dealkylation sites (N-methyl/N-ethyl adjacent to an activating group) is 1. The molecule has 0 fully saturated rings. The van der Waals surface area contributed by atoms with Crippen molar-refractivity contribution < 1.29 is 4.79 Å². The van der Waals surface area contributed by atoms with Crippen LogP contribution in [0.25, 0.3) is 0 Å². The number of nitrogens with one attached hydrogen (secondary N) is 1. The first kappa shape index (κ1) is 13.8. The van der Waals surface area contributed by atoms with Crippen molar-refractivity contribution in [1.82, 2.24) is 5.43 Å². The Morgan fingerprint density at radius 2 is 1.70 bits per heavy atom. The number of hydrazone groups is 1. The molecule has 0 radical (unpaired) electrons. The molecule has 2 rings (SSSR count). The molecule has 2 aromatic rings. The van der Waals surface area contributed by atoms with Gasteiger partial charge in [0.1, 0.15) is 0 Å². The Morgan fingerprint density at radius 1 is 1.10 bits per heavy atom. The van der Waals surface area contributed by atoms with E-state index in [-0.39, 0.29) is 12.5 Å². The second-order valence-corrected chi connectivity index (χ2v) is 4.40. The van der Waals surface area contributed by atoms with E-state index in [1.54, 1.807) is 6.21 Å². The number of carbonyl (C=O) groups is 1. The summed E-state index contributed by atoms with van der Waals surface area (Å²) in [6.07, 6.45) is 1.63. The van der Waals surface area contributed by atoms with Crippen LogP contribution in [0.3, 0.4) is 0 Å². The zero-order chi connectivity index (χ0) is 14.2. The van der Waals surface area contributed by atoms with E-state index < -0.39 is 0 Å². The van der Waals surface area contributed by atoms with Crippen LogP contribution in [0.4, 0.5) is 5.69 Å². The molecule has 102 valence electrons. The van der Waals surface area contributed by atoms with Crippen molar-refractivity contribution in [3.8, 4) is 0 Å². The summed E-state index contributed by atoms with van der Waals surface area (Å²) in [5, 5.41) is 3.94. The van der Waals surface area contributed by atoms with Gasteiger partial charge in [0.25, 0.3) is 5.91 Å². The first-order valence-electron chi connectivity index (χ1n) is 6.39. The summed E-state index contributed by atoms with van der Waals surface area (Å²) in [5.74, 6) is -0.150. The van der Waals surface area contributed by atoms with Gasteiger partial charge in [-0.2, -0.15) is 5.10 Å². The average molecular weight is 267 g/mol. The van der Waals surface area contributed by atoms with Crippen molar-refractivity contribution in [2.45, 2.75) is 0 Å². The molecule has 0 aromatic heterocycles. The van der Waals surface area contributed by atoms with Crippen LogP contribution in [-0.4, -0.2) is 25.7 Å². The van der Waals surface area contributed by atoms with Crippen LogP contribution in [0.1, 0.15) is 5.56 Å². The number of rotatable bonds is 5. The van der Waals surface area contributed by atoms with Crippen LogP contribution in [0.5, 0.6) is 0 Å². The summed E-state index contributed by atoms with van der Waals surface area (Å²) in [6, 6.07) is 19.4. The van der Waals surface area contributed by atoms with E-state index in [2.05, 4.69) is 10.5 Å². The fraction of sp³-hybridized carbons (Fsp3) is 0.125. The molecule has 0 spiro atoms. The quantitative estimate of drug-likeness (QED) is 0.667. The lowest BCUT2D eigenvalue weighted by molar-refractivity contribution is -0.119. The van der Waals surface area contributed by atoms with Crippen molar-refractivity contribution >= 4 is 17.8 Å². The molecule has 0 bridgehead atoms. The summed E-state index contributed by atoms with van der Waals surface area (Å²) >= 11 is 0. The Morgan fingerprint density at radius 3 is 2.35 bits per heavy atom. The van der Waals surface area contributed by atoms with Gasteiger partial charge in [0, 0.05) is 12.7 Å². The standard InChI is InChI=1S/C16H17N3O/c1-19(15-10-6-3-7-11-15)13-16(20)18-17-12-14-8-4-2-5-9-14/h2-12H,13H2,1H3,(H,18,20)/b17-12+. The molecule has 1 N–H and O–H groups in total. The van der Waals surface area contributed by atoms with E-state index in [4.69, 9.17) is 0 Å². The minimum Gasteiger partial charge on any atom is -0.365 e. The molecule has 0 atom stereocenters. The van der Waals surface area contributed by atoms with E-state index in [9.17, 15) is 4.79 Å². The summed E-state index contributed by atoms with van der Waals surface area (Å²) in [5.41, 5.74) is 4.46. The number of amides is 1. The SMILES string of the molecule is CN(CC(=O)N/N=C/c1ccccc1)c1ccccc1. The molecule has 2 aromatic carbocycles. The molecule has 20 heavy (non-hydrogen) atoms. The number of para-hydroxylation sites is 1. The molecule has 4 heteroatoms. The molecule has 0 heterocycles. The maximum Gasteiger partial charge on any atom is 0.259 e. The van der Waals surface area contributed by atoms with Crippen molar-refractivity contribution in [1.29, 1.82) is 0 Å². The van der Waals surface area contributed by atoms with Crippen LogP contribution in [0, 0.1) is 0 Å². The number of anilines is 1. The van der Waals surface area contributed by atoms with Gasteiger partial charge < -0.3 is 4.90 Å². The third kappa shape index (κ3) is 4.24. The highest BCUT2D eigenvalue weighted by atomic mass is 16.2. The van der Waals surface area contributed by atoms with Gasteiger partial charge in [-0.1, -0.05) is 48.5 Å². The predicted molar refractivity (Wildman–Crippen MR) is 81.9 cm³/mol. The van der Waals surface area contributed by atoms with Gasteiger partial charge in [0.2, 0.25) is 0 Å². The second kappa shape index (κ2) is 7.09. The third-order valence-electron chi connectivity index (χ3n) is 2.78. The Bertz CT molecular complexity index is 567. The Hall–Kier alpha value is -2.62. The molecule has 0 aliphatic heterocycles. The molecular formula is C16H17N3O. The molecule has 0 aliphatic carbocycles. The van der Waals surface area contributed by atoms with Gasteiger partial charge in [-0.3, -0.25) is 4.79 Å². The Balaban J connectivity index is 1.83. The lowest BCUT2D eigenvalue weighted by Crippen LogP contribution is -2.32. The zero-order valence-electron chi connectivity index (χ0n) is 11.4. The van der Waals surface area contributed by atoms with Crippen molar-refractivity contribution in [3.05, 3.63) is 66.2 Å². The van der Waals surface area contributed by atoms with Crippen LogP contribution in [-0.2, 0) is 4.79 Å². The topological polar surface area (TPSA) is 44.7 Å². The number of hydrogen-bond donors (Lipinski definition) is 1. The first-order chi connectivity index (χ1) is 9.75. The summed E-state index contributed by atoms with van der Waals surface area (Å²) in [7, 11) is 1.87. The zero-order valence-corrected chi connectivity index (χ0v) is 11.4. The van der Waals surface area contributed by atoms with Crippen molar-refractivity contribution in [2.24, 2.45) is 5.10 Å². The molecule has 0 aliphatic rings. The summed E-state index contributed by atoms with van der Waals surface area (Å²) in [6.45, 7) is 0.260. The molecule has 1 amide bonds. The van der Waals surface area contributed by atoms with Gasteiger partial charge in [0.15, 0.2) is 0 Å². The summed E-state index contributed by atoms with van der Waals surface area (Å²) < 4.78 is 0.